The number of benzene rings is 2. The molecular formula is C17H23N3O. The molecule has 3 N–H and O–H groups in total. The van der Waals surface area contributed by atoms with Gasteiger partial charge in [0.15, 0.2) is 0 Å². The number of carbonyl (C=O) groups excluding carboxylic acids is 1. The molecule has 0 saturated carbocycles. The monoisotopic (exact) mass is 285 g/mol. The number of likely N-dealkylation sites (N-methyl/N-ethyl adjacent to an activating group) is 1. The molecule has 4 nitrogen and oxygen atoms in total. The van der Waals surface area contributed by atoms with E-state index in [0.717, 1.165) is 36.1 Å². The van der Waals surface area contributed by atoms with E-state index in [1.54, 1.807) is 0 Å². The van der Waals surface area contributed by atoms with Crippen LogP contribution in [-0.2, 0) is 0 Å². The van der Waals surface area contributed by atoms with Gasteiger partial charge in [0.05, 0.1) is 0 Å². The average molecular weight is 285 g/mol. The molecule has 0 fully saturated rings. The van der Waals surface area contributed by atoms with E-state index in [9.17, 15) is 4.79 Å². The first-order valence-corrected chi connectivity index (χ1v) is 7.44. The van der Waals surface area contributed by atoms with Gasteiger partial charge in [-0.2, -0.15) is 0 Å². The maximum atomic E-state index is 12.2. The molecule has 4 heteroatoms. The third kappa shape index (κ3) is 3.95. The predicted molar refractivity (Wildman–Crippen MR) is 88.5 cm³/mol. The standard InChI is InChI=1S/C17H23N3O/c1-3-20(4-2)10-9-19-17(21)15-6-5-14-12-16(18)8-7-13(14)11-15/h5-8,11-12H,3-4,9-10,18H2,1-2H3,(H,19,21). The molecule has 0 aliphatic rings. The zero-order chi connectivity index (χ0) is 15.2. The van der Waals surface area contributed by atoms with Gasteiger partial charge in [0.1, 0.15) is 0 Å². The van der Waals surface area contributed by atoms with E-state index in [-0.39, 0.29) is 5.91 Å². The zero-order valence-corrected chi connectivity index (χ0v) is 12.7. The van der Waals surface area contributed by atoms with Gasteiger partial charge in [-0.05, 0) is 48.1 Å². The fourth-order valence-electron chi connectivity index (χ4n) is 2.37. The van der Waals surface area contributed by atoms with Crippen LogP contribution < -0.4 is 11.1 Å². The van der Waals surface area contributed by atoms with Crippen LogP contribution in [0.1, 0.15) is 24.2 Å². The van der Waals surface area contributed by atoms with Crippen molar-refractivity contribution < 1.29 is 4.79 Å². The molecule has 2 rings (SSSR count). The zero-order valence-electron chi connectivity index (χ0n) is 12.7. The van der Waals surface area contributed by atoms with Crippen LogP contribution in [0.25, 0.3) is 10.8 Å². The van der Waals surface area contributed by atoms with Crippen molar-refractivity contribution in [3.63, 3.8) is 0 Å². The van der Waals surface area contributed by atoms with Crippen molar-refractivity contribution in [1.82, 2.24) is 10.2 Å². The maximum absolute atomic E-state index is 12.2. The molecule has 21 heavy (non-hydrogen) atoms. The lowest BCUT2D eigenvalue weighted by Gasteiger charge is -2.18. The van der Waals surface area contributed by atoms with Crippen LogP contribution in [0.2, 0.25) is 0 Å². The summed E-state index contributed by atoms with van der Waals surface area (Å²) < 4.78 is 0. The summed E-state index contributed by atoms with van der Waals surface area (Å²) in [6, 6.07) is 11.4. The van der Waals surface area contributed by atoms with E-state index < -0.39 is 0 Å². The summed E-state index contributed by atoms with van der Waals surface area (Å²) in [6.07, 6.45) is 0. The van der Waals surface area contributed by atoms with E-state index in [1.165, 1.54) is 0 Å². The van der Waals surface area contributed by atoms with E-state index in [2.05, 4.69) is 24.1 Å². The van der Waals surface area contributed by atoms with Gasteiger partial charge < -0.3 is 16.0 Å². The highest BCUT2D eigenvalue weighted by Gasteiger charge is 2.07. The molecule has 0 atom stereocenters. The summed E-state index contributed by atoms with van der Waals surface area (Å²) in [4.78, 5) is 14.4. The molecule has 2 aromatic rings. The van der Waals surface area contributed by atoms with Crippen LogP contribution in [0.5, 0.6) is 0 Å². The van der Waals surface area contributed by atoms with Crippen LogP contribution in [-0.4, -0.2) is 37.0 Å². The van der Waals surface area contributed by atoms with Gasteiger partial charge in [0, 0.05) is 24.3 Å². The normalized spacial score (nSPS) is 11.0. The van der Waals surface area contributed by atoms with Crippen molar-refractivity contribution in [2.75, 3.05) is 31.9 Å². The lowest BCUT2D eigenvalue weighted by molar-refractivity contribution is 0.0949. The topological polar surface area (TPSA) is 58.4 Å². The van der Waals surface area contributed by atoms with Gasteiger partial charge in [-0.3, -0.25) is 4.79 Å². The molecule has 0 aliphatic heterocycles. The second kappa shape index (κ2) is 7.09. The van der Waals surface area contributed by atoms with Crippen molar-refractivity contribution in [1.29, 1.82) is 0 Å². The smallest absolute Gasteiger partial charge is 0.251 e. The molecule has 0 spiro atoms. The minimum atomic E-state index is -0.0270. The minimum Gasteiger partial charge on any atom is -0.399 e. The molecule has 0 radical (unpaired) electrons. The Kier molecular flexibility index (Phi) is 5.17. The van der Waals surface area contributed by atoms with Gasteiger partial charge in [-0.15, -0.1) is 0 Å². The lowest BCUT2D eigenvalue weighted by Crippen LogP contribution is -2.34. The lowest BCUT2D eigenvalue weighted by atomic mass is 10.1. The fourth-order valence-corrected chi connectivity index (χ4v) is 2.37. The van der Waals surface area contributed by atoms with Crippen molar-refractivity contribution in [3.8, 4) is 0 Å². The Bertz CT molecular complexity index is 620. The number of rotatable bonds is 6. The van der Waals surface area contributed by atoms with Crippen LogP contribution in [0, 0.1) is 0 Å². The number of nitrogens with two attached hydrogens (primary N) is 1. The van der Waals surface area contributed by atoms with E-state index >= 15 is 0 Å². The number of hydrogen-bond acceptors (Lipinski definition) is 3. The Morgan fingerprint density at radius 1 is 1.10 bits per heavy atom. The molecule has 0 heterocycles. The summed E-state index contributed by atoms with van der Waals surface area (Å²) in [5.74, 6) is -0.0270. The van der Waals surface area contributed by atoms with Crippen LogP contribution in [0.15, 0.2) is 36.4 Å². The number of carbonyl (C=O) groups is 1. The van der Waals surface area contributed by atoms with Crippen LogP contribution in [0.4, 0.5) is 5.69 Å². The maximum Gasteiger partial charge on any atom is 0.251 e. The van der Waals surface area contributed by atoms with Crippen molar-refractivity contribution in [2.24, 2.45) is 0 Å². The first-order valence-electron chi connectivity index (χ1n) is 7.44. The minimum absolute atomic E-state index is 0.0270. The second-order valence-corrected chi connectivity index (χ2v) is 5.10. The number of hydrogen-bond donors (Lipinski definition) is 2. The molecule has 0 saturated heterocycles. The summed E-state index contributed by atoms with van der Waals surface area (Å²) in [7, 11) is 0. The Morgan fingerprint density at radius 2 is 1.76 bits per heavy atom. The molecular weight excluding hydrogens is 262 g/mol. The summed E-state index contributed by atoms with van der Waals surface area (Å²) >= 11 is 0. The van der Waals surface area contributed by atoms with Crippen molar-refractivity contribution >= 4 is 22.4 Å². The average Bonchev–Trinajstić information content (AvgIpc) is 2.50. The predicted octanol–water partition coefficient (Wildman–Crippen LogP) is 2.49. The molecule has 0 unspecified atom stereocenters. The quantitative estimate of drug-likeness (QED) is 0.802. The number of nitrogens with one attached hydrogen (secondary N) is 1. The molecule has 0 bridgehead atoms. The largest absolute Gasteiger partial charge is 0.399 e. The van der Waals surface area contributed by atoms with E-state index in [4.69, 9.17) is 5.73 Å². The molecule has 2 aromatic carbocycles. The Morgan fingerprint density at radius 3 is 2.48 bits per heavy atom. The van der Waals surface area contributed by atoms with Crippen molar-refractivity contribution in [3.05, 3.63) is 42.0 Å². The summed E-state index contributed by atoms with van der Waals surface area (Å²) in [5.41, 5.74) is 7.18. The summed E-state index contributed by atoms with van der Waals surface area (Å²) in [5, 5.41) is 5.05. The van der Waals surface area contributed by atoms with E-state index in [0.29, 0.717) is 12.1 Å². The van der Waals surface area contributed by atoms with Gasteiger partial charge in [0.2, 0.25) is 0 Å². The Labute approximate surface area is 125 Å². The molecule has 0 aliphatic carbocycles. The highest BCUT2D eigenvalue weighted by atomic mass is 16.1. The van der Waals surface area contributed by atoms with Gasteiger partial charge in [-0.1, -0.05) is 26.0 Å². The third-order valence-corrected chi connectivity index (χ3v) is 3.73. The highest BCUT2D eigenvalue weighted by molar-refractivity contribution is 5.99. The number of amides is 1. The number of anilines is 1. The first-order chi connectivity index (χ1) is 10.1. The Balaban J connectivity index is 2.01. The van der Waals surface area contributed by atoms with Gasteiger partial charge in [0.25, 0.3) is 5.91 Å². The van der Waals surface area contributed by atoms with Crippen molar-refractivity contribution in [2.45, 2.75) is 13.8 Å². The summed E-state index contributed by atoms with van der Waals surface area (Å²) in [6.45, 7) is 7.80. The molecule has 1 amide bonds. The highest BCUT2D eigenvalue weighted by Crippen LogP contribution is 2.18. The number of nitrogens with zero attached hydrogens (tertiary/aromatic N) is 1. The fraction of sp³-hybridized carbons (Fsp3) is 0.353. The molecule has 0 aromatic heterocycles. The van der Waals surface area contributed by atoms with Crippen LogP contribution >= 0.6 is 0 Å². The Hall–Kier alpha value is -2.07. The van der Waals surface area contributed by atoms with Gasteiger partial charge in [-0.25, -0.2) is 0 Å². The number of fused-ring (bicyclic) bond motifs is 1. The SMILES string of the molecule is CCN(CC)CCNC(=O)c1ccc2cc(N)ccc2c1. The molecule has 112 valence electrons. The van der Waals surface area contributed by atoms with E-state index in [1.807, 2.05) is 36.4 Å². The third-order valence-electron chi connectivity index (χ3n) is 3.73. The van der Waals surface area contributed by atoms with Crippen LogP contribution in [0.3, 0.4) is 0 Å². The second-order valence-electron chi connectivity index (χ2n) is 5.10. The van der Waals surface area contributed by atoms with Gasteiger partial charge >= 0.3 is 0 Å². The first kappa shape index (κ1) is 15.3. The number of nitrogen functional groups attached to an aromatic ring is 1.